The monoisotopic (exact) mass is 386 g/mol. The van der Waals surface area contributed by atoms with Crippen LogP contribution >= 0.6 is 11.8 Å². The van der Waals surface area contributed by atoms with E-state index in [-0.39, 0.29) is 17.9 Å². The Balaban J connectivity index is 1.63. The van der Waals surface area contributed by atoms with Crippen molar-refractivity contribution >= 4 is 23.5 Å². The Morgan fingerprint density at radius 3 is 2.85 bits per heavy atom. The molecule has 0 aliphatic carbocycles. The van der Waals surface area contributed by atoms with Crippen LogP contribution in [0.15, 0.2) is 46.3 Å². The van der Waals surface area contributed by atoms with Gasteiger partial charge in [0.15, 0.2) is 5.82 Å². The summed E-state index contributed by atoms with van der Waals surface area (Å²) < 4.78 is 5.26. The van der Waals surface area contributed by atoms with Gasteiger partial charge in [0.25, 0.3) is 0 Å². The van der Waals surface area contributed by atoms with Crippen molar-refractivity contribution in [3.8, 4) is 5.75 Å². The number of hydrogen-bond acceptors (Lipinski definition) is 6. The van der Waals surface area contributed by atoms with Crippen molar-refractivity contribution in [1.82, 2.24) is 15.5 Å². The number of nitrogens with one attached hydrogen (secondary N) is 1. The van der Waals surface area contributed by atoms with E-state index in [0.29, 0.717) is 6.54 Å². The smallest absolute Gasteiger partial charge is 0.225 e. The number of rotatable bonds is 6. The molecule has 1 atom stereocenters. The molecule has 1 aliphatic heterocycles. The average molecular weight is 387 g/mol. The third kappa shape index (κ3) is 5.35. The molecule has 7 heteroatoms. The van der Waals surface area contributed by atoms with Crippen LogP contribution in [0.3, 0.4) is 0 Å². The topological polar surface area (TPSA) is 67.3 Å². The van der Waals surface area contributed by atoms with Crippen LogP contribution in [0.5, 0.6) is 5.75 Å². The third-order valence-corrected chi connectivity index (χ3v) is 5.35. The number of piperidine rings is 1. The fourth-order valence-corrected chi connectivity index (χ4v) is 3.90. The average Bonchev–Trinajstić information content (AvgIpc) is 2.68. The summed E-state index contributed by atoms with van der Waals surface area (Å²) in [6, 6.07) is 12.0. The predicted molar refractivity (Wildman–Crippen MR) is 107 cm³/mol. The maximum atomic E-state index is 12.3. The highest BCUT2D eigenvalue weighted by molar-refractivity contribution is 7.99. The van der Waals surface area contributed by atoms with Crippen LogP contribution in [0.25, 0.3) is 0 Å². The Morgan fingerprint density at radius 2 is 2.15 bits per heavy atom. The highest BCUT2D eigenvalue weighted by Crippen LogP contribution is 2.29. The normalized spacial score (nSPS) is 17.0. The van der Waals surface area contributed by atoms with E-state index < -0.39 is 0 Å². The molecule has 1 aliphatic rings. The highest BCUT2D eigenvalue weighted by Gasteiger charge is 2.27. The lowest BCUT2D eigenvalue weighted by molar-refractivity contribution is -0.125. The minimum Gasteiger partial charge on any atom is -0.497 e. The first-order valence-corrected chi connectivity index (χ1v) is 10.1. The van der Waals surface area contributed by atoms with Crippen molar-refractivity contribution in [2.75, 3.05) is 25.1 Å². The summed E-state index contributed by atoms with van der Waals surface area (Å²) in [5.41, 5.74) is 0. The fraction of sp³-hybridized carbons (Fsp3) is 0.450. The minimum absolute atomic E-state index is 0.00813. The molecule has 2 aromatic rings. The lowest BCUT2D eigenvalue weighted by atomic mass is 9.97. The van der Waals surface area contributed by atoms with Crippen LogP contribution in [0, 0.1) is 5.92 Å². The summed E-state index contributed by atoms with van der Waals surface area (Å²) in [6.07, 6.45) is 1.91. The highest BCUT2D eigenvalue weighted by atomic mass is 32.2. The lowest BCUT2D eigenvalue weighted by Crippen LogP contribution is -2.45. The Hall–Kier alpha value is -2.28. The van der Waals surface area contributed by atoms with E-state index in [2.05, 4.69) is 20.4 Å². The molecule has 3 rings (SSSR count). The maximum absolute atomic E-state index is 12.3. The number of ether oxygens (including phenoxy) is 1. The number of carbonyl (C=O) groups excluding carboxylic acids is 1. The van der Waals surface area contributed by atoms with Crippen molar-refractivity contribution < 1.29 is 9.53 Å². The van der Waals surface area contributed by atoms with Crippen molar-refractivity contribution in [3.05, 3.63) is 36.4 Å². The Bertz CT molecular complexity index is 767. The number of aromatic nitrogens is 2. The van der Waals surface area contributed by atoms with E-state index >= 15 is 0 Å². The minimum atomic E-state index is 0.00813. The van der Waals surface area contributed by atoms with Crippen LogP contribution in [0.4, 0.5) is 5.82 Å². The van der Waals surface area contributed by atoms with Gasteiger partial charge in [-0.05, 0) is 57.0 Å². The second-order valence-electron chi connectivity index (χ2n) is 6.96. The van der Waals surface area contributed by atoms with Crippen molar-refractivity contribution in [2.45, 2.75) is 42.7 Å². The van der Waals surface area contributed by atoms with Crippen LogP contribution < -0.4 is 15.0 Å². The van der Waals surface area contributed by atoms with E-state index in [0.717, 1.165) is 40.9 Å². The summed E-state index contributed by atoms with van der Waals surface area (Å²) in [5.74, 6) is 1.79. The van der Waals surface area contributed by atoms with Crippen molar-refractivity contribution in [2.24, 2.45) is 5.92 Å². The number of hydrogen-bond donors (Lipinski definition) is 1. The quantitative estimate of drug-likeness (QED) is 0.821. The Kier molecular flexibility index (Phi) is 6.55. The SMILES string of the molecule is COc1cccc(Sc2ccc(N3CCC[C@@H](C(=O)NC(C)C)C3)nn2)c1. The van der Waals surface area contributed by atoms with Gasteiger partial charge in [0.1, 0.15) is 10.8 Å². The van der Waals surface area contributed by atoms with E-state index in [1.54, 1.807) is 18.9 Å². The van der Waals surface area contributed by atoms with Gasteiger partial charge in [-0.15, -0.1) is 10.2 Å². The van der Waals surface area contributed by atoms with Gasteiger partial charge < -0.3 is 15.0 Å². The molecule has 0 saturated carbocycles. The van der Waals surface area contributed by atoms with Gasteiger partial charge in [-0.25, -0.2) is 0 Å². The zero-order valence-corrected chi connectivity index (χ0v) is 16.8. The van der Waals surface area contributed by atoms with E-state index in [9.17, 15) is 4.79 Å². The molecule has 0 unspecified atom stereocenters. The van der Waals surface area contributed by atoms with Crippen molar-refractivity contribution in [1.29, 1.82) is 0 Å². The lowest BCUT2D eigenvalue weighted by Gasteiger charge is -2.32. The number of amides is 1. The predicted octanol–water partition coefficient (Wildman–Crippen LogP) is 3.38. The van der Waals surface area contributed by atoms with E-state index in [1.165, 1.54) is 0 Å². The maximum Gasteiger partial charge on any atom is 0.225 e. The van der Waals surface area contributed by atoms with Crippen molar-refractivity contribution in [3.63, 3.8) is 0 Å². The number of anilines is 1. The zero-order chi connectivity index (χ0) is 19.2. The largest absolute Gasteiger partial charge is 0.497 e. The summed E-state index contributed by atoms with van der Waals surface area (Å²) in [7, 11) is 1.66. The fourth-order valence-electron chi connectivity index (χ4n) is 3.12. The molecular weight excluding hydrogens is 360 g/mol. The van der Waals surface area contributed by atoms with Gasteiger partial charge in [-0.2, -0.15) is 0 Å². The van der Waals surface area contributed by atoms with E-state index in [1.807, 2.05) is 50.2 Å². The second-order valence-corrected chi connectivity index (χ2v) is 8.05. The first kappa shape index (κ1) is 19.5. The van der Waals surface area contributed by atoms with Gasteiger partial charge in [-0.1, -0.05) is 17.8 Å². The number of benzene rings is 1. The molecule has 2 heterocycles. The first-order valence-electron chi connectivity index (χ1n) is 9.26. The molecule has 1 amide bonds. The summed E-state index contributed by atoms with van der Waals surface area (Å²) in [6.45, 7) is 5.57. The van der Waals surface area contributed by atoms with Gasteiger partial charge in [0.2, 0.25) is 5.91 Å². The molecule has 1 aromatic heterocycles. The summed E-state index contributed by atoms with van der Waals surface area (Å²) in [4.78, 5) is 15.5. The molecular formula is C20H26N4O2S. The molecule has 6 nitrogen and oxygen atoms in total. The van der Waals surface area contributed by atoms with Gasteiger partial charge in [0, 0.05) is 24.0 Å². The molecule has 1 saturated heterocycles. The molecule has 1 aromatic carbocycles. The summed E-state index contributed by atoms with van der Waals surface area (Å²) >= 11 is 1.55. The first-order chi connectivity index (χ1) is 13.0. The second kappa shape index (κ2) is 9.08. The molecule has 1 fully saturated rings. The molecule has 144 valence electrons. The van der Waals surface area contributed by atoms with Gasteiger partial charge in [-0.3, -0.25) is 4.79 Å². The van der Waals surface area contributed by atoms with Crippen LogP contribution in [-0.2, 0) is 4.79 Å². The van der Waals surface area contributed by atoms with Crippen LogP contribution in [0.2, 0.25) is 0 Å². The number of methoxy groups -OCH3 is 1. The Morgan fingerprint density at radius 1 is 1.30 bits per heavy atom. The van der Waals surface area contributed by atoms with Gasteiger partial charge in [0.05, 0.1) is 13.0 Å². The Labute approximate surface area is 164 Å². The number of carbonyl (C=O) groups is 1. The standard InChI is InChI=1S/C20H26N4O2S/c1-14(2)21-20(25)15-6-5-11-24(13-15)18-9-10-19(23-22-18)27-17-8-4-7-16(12-17)26-3/h4,7-10,12,14-15H,5-6,11,13H2,1-3H3,(H,21,25)/t15-/m1/s1. The third-order valence-electron chi connectivity index (χ3n) is 4.44. The van der Waals surface area contributed by atoms with E-state index in [4.69, 9.17) is 4.74 Å². The van der Waals surface area contributed by atoms with Gasteiger partial charge >= 0.3 is 0 Å². The molecule has 0 radical (unpaired) electrons. The number of nitrogens with zero attached hydrogens (tertiary/aromatic N) is 3. The molecule has 27 heavy (non-hydrogen) atoms. The molecule has 0 spiro atoms. The summed E-state index contributed by atoms with van der Waals surface area (Å²) in [5, 5.41) is 12.6. The van der Waals surface area contributed by atoms with Crippen LogP contribution in [0.1, 0.15) is 26.7 Å². The zero-order valence-electron chi connectivity index (χ0n) is 16.0. The molecule has 1 N–H and O–H groups in total. The molecule has 0 bridgehead atoms. The van der Waals surface area contributed by atoms with Crippen LogP contribution in [-0.4, -0.2) is 42.3 Å².